The third-order valence-electron chi connectivity index (χ3n) is 2.91. The SMILES string of the molecule is Cc1csc(NC(=O)Cn2cc(CNC3CC3)nn2)n1. The second-order valence-corrected chi connectivity index (χ2v) is 5.76. The minimum atomic E-state index is -0.147. The molecule has 0 bridgehead atoms. The van der Waals surface area contributed by atoms with Crippen LogP contribution in [0.3, 0.4) is 0 Å². The standard InChI is InChI=1S/C12H16N6OS/c1-8-7-20-12(14-8)15-11(19)6-18-5-10(16-17-18)4-13-9-2-3-9/h5,7,9,13H,2-4,6H2,1H3,(H,14,15,19). The summed E-state index contributed by atoms with van der Waals surface area (Å²) in [7, 11) is 0. The summed E-state index contributed by atoms with van der Waals surface area (Å²) in [5, 5.41) is 16.6. The normalized spacial score (nSPS) is 14.4. The topological polar surface area (TPSA) is 84.7 Å². The molecule has 2 N–H and O–H groups in total. The first kappa shape index (κ1) is 13.2. The lowest BCUT2D eigenvalue weighted by molar-refractivity contribution is -0.116. The quantitative estimate of drug-likeness (QED) is 0.827. The molecular weight excluding hydrogens is 276 g/mol. The highest BCUT2D eigenvalue weighted by Crippen LogP contribution is 2.18. The van der Waals surface area contributed by atoms with Crippen LogP contribution in [-0.2, 0) is 17.9 Å². The van der Waals surface area contributed by atoms with Gasteiger partial charge in [-0.05, 0) is 19.8 Å². The minimum absolute atomic E-state index is 0.147. The van der Waals surface area contributed by atoms with Gasteiger partial charge in [0.25, 0.3) is 0 Å². The number of thiazole rings is 1. The van der Waals surface area contributed by atoms with E-state index < -0.39 is 0 Å². The van der Waals surface area contributed by atoms with Crippen LogP contribution in [0.4, 0.5) is 5.13 Å². The van der Waals surface area contributed by atoms with Crippen molar-refractivity contribution >= 4 is 22.4 Å². The summed E-state index contributed by atoms with van der Waals surface area (Å²) < 4.78 is 1.54. The Hall–Kier alpha value is -1.80. The number of amides is 1. The fraction of sp³-hybridized carbons (Fsp3) is 0.500. The van der Waals surface area contributed by atoms with Crippen molar-refractivity contribution in [3.05, 3.63) is 23.0 Å². The molecule has 2 aromatic heterocycles. The van der Waals surface area contributed by atoms with E-state index in [1.807, 2.05) is 12.3 Å². The van der Waals surface area contributed by atoms with Crippen molar-refractivity contribution < 1.29 is 4.79 Å². The Bertz CT molecular complexity index is 603. The maximum Gasteiger partial charge on any atom is 0.247 e. The van der Waals surface area contributed by atoms with Crippen LogP contribution >= 0.6 is 11.3 Å². The maximum atomic E-state index is 11.8. The molecule has 0 radical (unpaired) electrons. The zero-order valence-electron chi connectivity index (χ0n) is 11.2. The zero-order valence-corrected chi connectivity index (χ0v) is 12.0. The monoisotopic (exact) mass is 292 g/mol. The molecule has 7 nitrogen and oxygen atoms in total. The van der Waals surface area contributed by atoms with Gasteiger partial charge in [0.1, 0.15) is 6.54 Å². The Labute approximate surface area is 120 Å². The fourth-order valence-electron chi connectivity index (χ4n) is 1.75. The molecule has 106 valence electrons. The molecule has 3 rings (SSSR count). The number of hydrogen-bond donors (Lipinski definition) is 2. The van der Waals surface area contributed by atoms with E-state index in [1.165, 1.54) is 24.2 Å². The van der Waals surface area contributed by atoms with Crippen LogP contribution in [0.5, 0.6) is 0 Å². The summed E-state index contributed by atoms with van der Waals surface area (Å²) in [5.41, 5.74) is 1.76. The van der Waals surface area contributed by atoms with Crippen molar-refractivity contribution in [2.45, 2.75) is 38.9 Å². The third kappa shape index (κ3) is 3.61. The molecule has 2 heterocycles. The van der Waals surface area contributed by atoms with Gasteiger partial charge in [0, 0.05) is 18.0 Å². The maximum absolute atomic E-state index is 11.8. The Morgan fingerprint density at radius 2 is 2.40 bits per heavy atom. The average Bonchev–Trinajstić information content (AvgIpc) is 3.00. The van der Waals surface area contributed by atoms with Crippen LogP contribution < -0.4 is 10.6 Å². The first-order valence-corrected chi connectivity index (χ1v) is 7.41. The zero-order chi connectivity index (χ0) is 13.9. The van der Waals surface area contributed by atoms with E-state index in [4.69, 9.17) is 0 Å². The van der Waals surface area contributed by atoms with Gasteiger partial charge in [0.2, 0.25) is 5.91 Å². The van der Waals surface area contributed by atoms with Gasteiger partial charge >= 0.3 is 0 Å². The fourth-order valence-corrected chi connectivity index (χ4v) is 2.45. The first-order valence-electron chi connectivity index (χ1n) is 6.53. The number of nitrogens with one attached hydrogen (secondary N) is 2. The second-order valence-electron chi connectivity index (χ2n) is 4.90. The Kier molecular flexibility index (Phi) is 3.75. The Balaban J connectivity index is 1.50. The molecular formula is C12H16N6OS. The lowest BCUT2D eigenvalue weighted by Crippen LogP contribution is -2.19. The van der Waals surface area contributed by atoms with Gasteiger partial charge < -0.3 is 10.6 Å². The molecule has 0 unspecified atom stereocenters. The van der Waals surface area contributed by atoms with E-state index in [2.05, 4.69) is 25.9 Å². The summed E-state index contributed by atoms with van der Waals surface area (Å²) in [4.78, 5) is 16.0. The van der Waals surface area contributed by atoms with Crippen LogP contribution in [0.2, 0.25) is 0 Å². The molecule has 0 saturated heterocycles. The van der Waals surface area contributed by atoms with Crippen molar-refractivity contribution in [2.75, 3.05) is 5.32 Å². The summed E-state index contributed by atoms with van der Waals surface area (Å²) in [6.07, 6.45) is 4.27. The number of carbonyl (C=O) groups is 1. The molecule has 1 aliphatic rings. The first-order chi connectivity index (χ1) is 9.69. The van der Waals surface area contributed by atoms with Gasteiger partial charge in [-0.15, -0.1) is 16.4 Å². The minimum Gasteiger partial charge on any atom is -0.308 e. The number of carbonyl (C=O) groups excluding carboxylic acids is 1. The average molecular weight is 292 g/mol. The molecule has 1 fully saturated rings. The lowest BCUT2D eigenvalue weighted by atomic mass is 10.4. The highest BCUT2D eigenvalue weighted by molar-refractivity contribution is 7.13. The van der Waals surface area contributed by atoms with E-state index in [1.54, 1.807) is 10.9 Å². The molecule has 1 aliphatic carbocycles. The number of rotatable bonds is 6. The van der Waals surface area contributed by atoms with Crippen LogP contribution in [0, 0.1) is 6.92 Å². The smallest absolute Gasteiger partial charge is 0.247 e. The molecule has 1 amide bonds. The molecule has 2 aromatic rings. The largest absolute Gasteiger partial charge is 0.308 e. The second kappa shape index (κ2) is 5.68. The number of aromatic nitrogens is 4. The molecule has 20 heavy (non-hydrogen) atoms. The molecule has 0 aromatic carbocycles. The molecule has 1 saturated carbocycles. The molecule has 0 atom stereocenters. The lowest BCUT2D eigenvalue weighted by Gasteiger charge is -2.00. The predicted molar refractivity (Wildman–Crippen MR) is 75.4 cm³/mol. The Morgan fingerprint density at radius 1 is 1.55 bits per heavy atom. The highest BCUT2D eigenvalue weighted by atomic mass is 32.1. The predicted octanol–water partition coefficient (Wildman–Crippen LogP) is 0.934. The number of anilines is 1. The third-order valence-corrected chi connectivity index (χ3v) is 3.78. The van der Waals surface area contributed by atoms with Gasteiger partial charge in [-0.25, -0.2) is 9.67 Å². The summed E-state index contributed by atoms with van der Waals surface area (Å²) >= 11 is 1.41. The van der Waals surface area contributed by atoms with Crippen molar-refractivity contribution in [1.82, 2.24) is 25.3 Å². The number of nitrogens with zero attached hydrogens (tertiary/aromatic N) is 4. The Morgan fingerprint density at radius 3 is 3.10 bits per heavy atom. The van der Waals surface area contributed by atoms with Gasteiger partial charge in [-0.1, -0.05) is 5.21 Å². The van der Waals surface area contributed by atoms with Crippen LogP contribution in [0.25, 0.3) is 0 Å². The van der Waals surface area contributed by atoms with Crippen LogP contribution in [-0.4, -0.2) is 31.9 Å². The number of hydrogen-bond acceptors (Lipinski definition) is 6. The van der Waals surface area contributed by atoms with Crippen LogP contribution in [0.15, 0.2) is 11.6 Å². The van der Waals surface area contributed by atoms with Crippen molar-refractivity contribution in [3.8, 4) is 0 Å². The molecule has 0 spiro atoms. The van der Waals surface area contributed by atoms with E-state index >= 15 is 0 Å². The summed E-state index contributed by atoms with van der Waals surface area (Å²) in [5.74, 6) is -0.147. The number of aryl methyl sites for hydroxylation is 1. The van der Waals surface area contributed by atoms with Crippen molar-refractivity contribution in [1.29, 1.82) is 0 Å². The van der Waals surface area contributed by atoms with E-state index in [-0.39, 0.29) is 12.5 Å². The van der Waals surface area contributed by atoms with Crippen LogP contribution in [0.1, 0.15) is 24.2 Å². The highest BCUT2D eigenvalue weighted by Gasteiger charge is 2.20. The van der Waals surface area contributed by atoms with Gasteiger partial charge in [-0.2, -0.15) is 0 Å². The van der Waals surface area contributed by atoms with Gasteiger partial charge in [-0.3, -0.25) is 4.79 Å². The summed E-state index contributed by atoms with van der Waals surface area (Å²) in [6, 6.07) is 0.636. The van der Waals surface area contributed by atoms with Gasteiger partial charge in [0.05, 0.1) is 17.6 Å². The summed E-state index contributed by atoms with van der Waals surface area (Å²) in [6.45, 7) is 2.75. The molecule has 0 aliphatic heterocycles. The van der Waals surface area contributed by atoms with Crippen molar-refractivity contribution in [2.24, 2.45) is 0 Å². The van der Waals surface area contributed by atoms with E-state index in [0.29, 0.717) is 17.7 Å². The van der Waals surface area contributed by atoms with E-state index in [0.717, 1.165) is 11.4 Å². The van der Waals surface area contributed by atoms with Crippen molar-refractivity contribution in [3.63, 3.8) is 0 Å². The van der Waals surface area contributed by atoms with E-state index in [9.17, 15) is 4.79 Å². The molecule has 8 heteroatoms. The van der Waals surface area contributed by atoms with Gasteiger partial charge in [0.15, 0.2) is 5.13 Å².